The lowest BCUT2D eigenvalue weighted by molar-refractivity contribution is -0.139. The quantitative estimate of drug-likeness (QED) is 0.165. The number of carboxylic acids is 1. The molecule has 0 aliphatic carbocycles. The third kappa shape index (κ3) is 4.84. The number of urea groups is 1. The number of nitrogens with zero attached hydrogens (tertiary/aromatic N) is 2. The van der Waals surface area contributed by atoms with E-state index in [1.54, 1.807) is 36.4 Å². The van der Waals surface area contributed by atoms with Crippen LogP contribution in [0.15, 0.2) is 97.1 Å². The highest BCUT2D eigenvalue weighted by molar-refractivity contribution is 6.07. The molecular weight excluding hydrogens is 492 g/mol. The van der Waals surface area contributed by atoms with Gasteiger partial charge in [0.2, 0.25) is 0 Å². The molecule has 4 aromatic carbocycles. The number of aliphatic carboxylic acids is 1. The van der Waals surface area contributed by atoms with Crippen LogP contribution in [0, 0.1) is 5.41 Å². The number of benzene rings is 4. The number of rotatable bonds is 9. The second-order valence-corrected chi connectivity index (χ2v) is 9.68. The normalized spacial score (nSPS) is 17.1. The molecule has 0 bridgehead atoms. The number of amides is 3. The van der Waals surface area contributed by atoms with E-state index in [2.05, 4.69) is 0 Å². The topological polar surface area (TPSA) is 128 Å². The van der Waals surface area contributed by atoms with Crippen molar-refractivity contribution >= 4 is 34.5 Å². The first-order valence-corrected chi connectivity index (χ1v) is 12.6. The Bertz CT molecular complexity index is 1570. The summed E-state index contributed by atoms with van der Waals surface area (Å²) in [6.07, 6.45) is -0.337. The van der Waals surface area contributed by atoms with Crippen LogP contribution in [0.2, 0.25) is 0 Å². The molecule has 0 radical (unpaired) electrons. The van der Waals surface area contributed by atoms with E-state index < -0.39 is 23.4 Å². The molecule has 1 saturated heterocycles. The van der Waals surface area contributed by atoms with E-state index in [-0.39, 0.29) is 31.8 Å². The van der Waals surface area contributed by atoms with Crippen LogP contribution >= 0.6 is 0 Å². The van der Waals surface area contributed by atoms with Crippen LogP contribution in [0.25, 0.3) is 10.8 Å². The van der Waals surface area contributed by atoms with Gasteiger partial charge in [0.05, 0.1) is 6.54 Å². The molecule has 1 fully saturated rings. The summed E-state index contributed by atoms with van der Waals surface area (Å²) in [5.41, 5.74) is 6.92. The fraction of sp³-hybridized carbons (Fsp3) is 0.161. The second-order valence-electron chi connectivity index (χ2n) is 9.68. The van der Waals surface area contributed by atoms with Crippen molar-refractivity contribution < 1.29 is 19.5 Å². The van der Waals surface area contributed by atoms with Crippen molar-refractivity contribution in [1.29, 1.82) is 5.41 Å². The monoisotopic (exact) mass is 520 g/mol. The molecule has 0 saturated carbocycles. The molecule has 4 N–H and O–H groups in total. The van der Waals surface area contributed by atoms with Crippen LogP contribution < -0.4 is 5.73 Å². The van der Waals surface area contributed by atoms with Crippen LogP contribution in [0.5, 0.6) is 0 Å². The highest BCUT2D eigenvalue weighted by Crippen LogP contribution is 2.43. The molecule has 1 aliphatic heterocycles. The van der Waals surface area contributed by atoms with Gasteiger partial charge in [-0.05, 0) is 46.0 Å². The van der Waals surface area contributed by atoms with Gasteiger partial charge in [-0.3, -0.25) is 19.9 Å². The largest absolute Gasteiger partial charge is 0.481 e. The Labute approximate surface area is 225 Å². The van der Waals surface area contributed by atoms with E-state index in [9.17, 15) is 19.5 Å². The molecule has 4 aromatic rings. The first-order chi connectivity index (χ1) is 18.8. The fourth-order valence-electron chi connectivity index (χ4n) is 5.25. The van der Waals surface area contributed by atoms with Gasteiger partial charge >= 0.3 is 12.0 Å². The van der Waals surface area contributed by atoms with Crippen molar-refractivity contribution in [1.82, 2.24) is 9.80 Å². The molecule has 1 atom stereocenters. The number of imide groups is 1. The number of nitrogens with one attached hydrogen (secondary N) is 1. The van der Waals surface area contributed by atoms with Crippen LogP contribution in [0.4, 0.5) is 4.79 Å². The molecule has 1 aliphatic rings. The van der Waals surface area contributed by atoms with Crippen molar-refractivity contribution in [2.75, 3.05) is 0 Å². The van der Waals surface area contributed by atoms with Gasteiger partial charge in [0.1, 0.15) is 11.4 Å². The first-order valence-electron chi connectivity index (χ1n) is 12.6. The van der Waals surface area contributed by atoms with Gasteiger partial charge in [0.15, 0.2) is 0 Å². The minimum atomic E-state index is -1.47. The molecule has 0 spiro atoms. The summed E-state index contributed by atoms with van der Waals surface area (Å²) < 4.78 is 0. The van der Waals surface area contributed by atoms with Gasteiger partial charge in [0.25, 0.3) is 5.91 Å². The Morgan fingerprint density at radius 3 is 2.15 bits per heavy atom. The van der Waals surface area contributed by atoms with E-state index in [0.29, 0.717) is 11.1 Å². The number of nitrogens with two attached hydrogens (primary N) is 1. The van der Waals surface area contributed by atoms with Gasteiger partial charge in [-0.25, -0.2) is 4.79 Å². The van der Waals surface area contributed by atoms with Crippen LogP contribution in [0.1, 0.15) is 35.1 Å². The number of hydrogen-bond acceptors (Lipinski definition) is 4. The molecule has 8 nitrogen and oxygen atoms in total. The number of hydrogen-bond donors (Lipinski definition) is 3. The highest BCUT2D eigenvalue weighted by Gasteiger charge is 2.58. The number of fused-ring (bicyclic) bond motifs is 1. The van der Waals surface area contributed by atoms with Crippen LogP contribution in [0.3, 0.4) is 0 Å². The van der Waals surface area contributed by atoms with Gasteiger partial charge < -0.3 is 15.7 Å². The van der Waals surface area contributed by atoms with E-state index in [1.807, 2.05) is 60.7 Å². The lowest BCUT2D eigenvalue weighted by Crippen LogP contribution is -2.47. The zero-order valence-corrected chi connectivity index (χ0v) is 21.2. The van der Waals surface area contributed by atoms with Crippen LogP contribution in [-0.2, 0) is 28.2 Å². The maximum Gasteiger partial charge on any atom is 0.328 e. The number of carbonyl (C=O) groups excluding carboxylic acids is 2. The lowest BCUT2D eigenvalue weighted by atomic mass is 9.83. The van der Waals surface area contributed by atoms with Crippen molar-refractivity contribution in [3.63, 3.8) is 0 Å². The van der Waals surface area contributed by atoms with E-state index in [1.165, 1.54) is 9.80 Å². The van der Waals surface area contributed by atoms with Crippen molar-refractivity contribution in [2.24, 2.45) is 5.73 Å². The van der Waals surface area contributed by atoms with Crippen LogP contribution in [-0.4, -0.2) is 38.6 Å². The molecule has 8 heteroatoms. The third-order valence-electron chi connectivity index (χ3n) is 7.21. The zero-order valence-electron chi connectivity index (χ0n) is 21.2. The Balaban J connectivity index is 1.58. The van der Waals surface area contributed by atoms with Gasteiger partial charge in [-0.2, -0.15) is 0 Å². The number of amidine groups is 1. The summed E-state index contributed by atoms with van der Waals surface area (Å²) in [5.74, 6) is -1.54. The summed E-state index contributed by atoms with van der Waals surface area (Å²) in [6.45, 7) is 0.168. The minimum absolute atomic E-state index is 0.0187. The average Bonchev–Trinajstić information content (AvgIpc) is 3.14. The maximum absolute atomic E-state index is 14.3. The predicted octanol–water partition coefficient (Wildman–Crippen LogP) is 4.85. The van der Waals surface area contributed by atoms with Gasteiger partial charge in [-0.1, -0.05) is 84.9 Å². The number of carboxylic acid groups (broad SMARTS) is 1. The molecule has 0 aromatic heterocycles. The van der Waals surface area contributed by atoms with E-state index in [4.69, 9.17) is 11.1 Å². The molecule has 1 unspecified atom stereocenters. The number of carbonyl (C=O) groups is 3. The van der Waals surface area contributed by atoms with Gasteiger partial charge in [-0.15, -0.1) is 0 Å². The second kappa shape index (κ2) is 10.4. The molecule has 196 valence electrons. The SMILES string of the molecule is N=C(N)c1ccc2ccc(CN3C(=O)N(Cc4ccccc4)C(CCC(=O)O)(c4ccccc4)C3=O)cc2c1. The highest BCUT2D eigenvalue weighted by atomic mass is 16.4. The fourth-order valence-corrected chi connectivity index (χ4v) is 5.25. The summed E-state index contributed by atoms with van der Waals surface area (Å²) in [7, 11) is 0. The van der Waals surface area contributed by atoms with Crippen molar-refractivity contribution in [2.45, 2.75) is 31.5 Å². The Hall–Kier alpha value is -4.98. The smallest absolute Gasteiger partial charge is 0.328 e. The van der Waals surface area contributed by atoms with E-state index in [0.717, 1.165) is 21.9 Å². The Kier molecular flexibility index (Phi) is 6.85. The predicted molar refractivity (Wildman–Crippen MR) is 148 cm³/mol. The summed E-state index contributed by atoms with van der Waals surface area (Å²) in [5, 5.41) is 19.1. The summed E-state index contributed by atoms with van der Waals surface area (Å²) in [4.78, 5) is 42.7. The summed E-state index contributed by atoms with van der Waals surface area (Å²) >= 11 is 0. The van der Waals surface area contributed by atoms with Crippen molar-refractivity contribution in [3.8, 4) is 0 Å². The Morgan fingerprint density at radius 1 is 0.821 bits per heavy atom. The standard InChI is InChI=1S/C31H28N4O4/c32-28(33)24-14-13-23-12-11-22(17-25(23)18-24)19-34-29(38)31(16-15-27(36)37,26-9-5-2-6-10-26)35(30(34)39)20-21-7-3-1-4-8-21/h1-14,17-18H,15-16,19-20H2,(H3,32,33)(H,36,37). The number of nitrogen functional groups attached to an aromatic ring is 1. The van der Waals surface area contributed by atoms with Crippen molar-refractivity contribution in [3.05, 3.63) is 119 Å². The maximum atomic E-state index is 14.3. The van der Waals surface area contributed by atoms with E-state index >= 15 is 0 Å². The molecular formula is C31H28N4O4. The third-order valence-corrected chi connectivity index (χ3v) is 7.21. The summed E-state index contributed by atoms with van der Waals surface area (Å²) in [6, 6.07) is 28.9. The first kappa shape index (κ1) is 25.7. The molecule has 39 heavy (non-hydrogen) atoms. The Morgan fingerprint density at radius 2 is 1.49 bits per heavy atom. The lowest BCUT2D eigenvalue weighted by Gasteiger charge is -2.35. The average molecular weight is 521 g/mol. The van der Waals surface area contributed by atoms with Gasteiger partial charge in [0, 0.05) is 18.5 Å². The molecule has 3 amide bonds. The molecule has 5 rings (SSSR count). The zero-order chi connectivity index (χ0) is 27.6. The molecule has 1 heterocycles. The minimum Gasteiger partial charge on any atom is -0.481 e.